The van der Waals surface area contributed by atoms with E-state index in [2.05, 4.69) is 4.74 Å². The van der Waals surface area contributed by atoms with Crippen molar-refractivity contribution in [3.8, 4) is 0 Å². The van der Waals surface area contributed by atoms with E-state index in [9.17, 15) is 9.18 Å². The molecular formula is C8H14FNO2. The minimum Gasteiger partial charge on any atom is -0.467 e. The third-order valence-corrected chi connectivity index (χ3v) is 2.37. The van der Waals surface area contributed by atoms with Gasteiger partial charge in [-0.3, -0.25) is 0 Å². The van der Waals surface area contributed by atoms with Gasteiger partial charge in [0.15, 0.2) is 0 Å². The third-order valence-electron chi connectivity index (χ3n) is 2.37. The number of halogens is 1. The lowest BCUT2D eigenvalue weighted by Crippen LogP contribution is -2.42. The van der Waals surface area contributed by atoms with Crippen LogP contribution in [-0.2, 0) is 9.53 Å². The summed E-state index contributed by atoms with van der Waals surface area (Å²) >= 11 is 0. The molecule has 1 saturated carbocycles. The van der Waals surface area contributed by atoms with Gasteiger partial charge in [-0.15, -0.1) is 0 Å². The van der Waals surface area contributed by atoms with Gasteiger partial charge < -0.3 is 10.5 Å². The Morgan fingerprint density at radius 2 is 2.08 bits per heavy atom. The highest BCUT2D eigenvalue weighted by Gasteiger charge is 2.42. The first kappa shape index (κ1) is 9.45. The second kappa shape index (κ2) is 3.39. The van der Waals surface area contributed by atoms with E-state index in [1.807, 2.05) is 0 Å². The Labute approximate surface area is 71.1 Å². The number of nitrogens with two attached hydrogens (primary N) is 1. The quantitative estimate of drug-likeness (QED) is 0.599. The van der Waals surface area contributed by atoms with Gasteiger partial charge in [-0.25, -0.2) is 9.18 Å². The van der Waals surface area contributed by atoms with Crippen LogP contribution in [0.4, 0.5) is 4.39 Å². The van der Waals surface area contributed by atoms with Gasteiger partial charge in [0.05, 0.1) is 7.11 Å². The minimum absolute atomic E-state index is 0.0403. The van der Waals surface area contributed by atoms with E-state index in [-0.39, 0.29) is 18.9 Å². The predicted molar refractivity (Wildman–Crippen MR) is 42.3 cm³/mol. The van der Waals surface area contributed by atoms with Gasteiger partial charge in [-0.05, 0) is 25.7 Å². The molecule has 4 heteroatoms. The number of rotatable bonds is 1. The monoisotopic (exact) mass is 175 g/mol. The molecular weight excluding hydrogens is 161 g/mol. The summed E-state index contributed by atoms with van der Waals surface area (Å²) in [6, 6.07) is 0.0403. The van der Waals surface area contributed by atoms with Crippen molar-refractivity contribution in [3.05, 3.63) is 0 Å². The molecule has 0 aromatic rings. The molecule has 1 fully saturated rings. The van der Waals surface area contributed by atoms with Gasteiger partial charge in [0.1, 0.15) is 0 Å². The lowest BCUT2D eigenvalue weighted by molar-refractivity contribution is -0.157. The fourth-order valence-electron chi connectivity index (χ4n) is 1.48. The molecule has 0 aromatic carbocycles. The molecule has 1 rings (SSSR count). The molecule has 0 aliphatic heterocycles. The van der Waals surface area contributed by atoms with Crippen LogP contribution in [0.15, 0.2) is 0 Å². The third kappa shape index (κ3) is 1.75. The lowest BCUT2D eigenvalue weighted by Gasteiger charge is -2.29. The first-order valence-corrected chi connectivity index (χ1v) is 4.11. The number of hydrogen-bond acceptors (Lipinski definition) is 3. The summed E-state index contributed by atoms with van der Waals surface area (Å²) in [6.07, 6.45) is 1.51. The fraction of sp³-hybridized carbons (Fsp3) is 0.875. The normalized spacial score (nSPS) is 36.1. The molecule has 0 spiro atoms. The molecule has 0 amide bonds. The summed E-state index contributed by atoms with van der Waals surface area (Å²) < 4.78 is 18.0. The van der Waals surface area contributed by atoms with Crippen LogP contribution in [-0.4, -0.2) is 24.8 Å². The molecule has 70 valence electrons. The summed E-state index contributed by atoms with van der Waals surface area (Å²) in [7, 11) is 1.21. The zero-order chi connectivity index (χ0) is 9.19. The standard InChI is InChI=1S/C8H14FNO2/c1-12-7(11)8(9)4-2-6(10)3-5-8/h6H,2-5,10H2,1H3/t6-,8+. The minimum atomic E-state index is -1.77. The van der Waals surface area contributed by atoms with Gasteiger partial charge in [0.25, 0.3) is 0 Å². The summed E-state index contributed by atoms with van der Waals surface area (Å²) in [5, 5.41) is 0. The number of methoxy groups -OCH3 is 1. The molecule has 2 N–H and O–H groups in total. The van der Waals surface area contributed by atoms with Crippen molar-refractivity contribution < 1.29 is 13.9 Å². The van der Waals surface area contributed by atoms with Gasteiger partial charge in [-0.1, -0.05) is 0 Å². The van der Waals surface area contributed by atoms with Crippen LogP contribution in [0.3, 0.4) is 0 Å². The lowest BCUT2D eigenvalue weighted by atomic mass is 9.84. The Balaban J connectivity index is 2.55. The van der Waals surface area contributed by atoms with Gasteiger partial charge in [0, 0.05) is 6.04 Å². The van der Waals surface area contributed by atoms with Crippen LogP contribution < -0.4 is 5.73 Å². The number of carbonyl (C=O) groups excluding carboxylic acids is 1. The van der Waals surface area contributed by atoms with Crippen molar-refractivity contribution in [2.45, 2.75) is 37.4 Å². The molecule has 0 radical (unpaired) electrons. The molecule has 12 heavy (non-hydrogen) atoms. The summed E-state index contributed by atoms with van der Waals surface area (Å²) in [5.74, 6) is -0.755. The first-order valence-electron chi connectivity index (χ1n) is 4.11. The molecule has 0 unspecified atom stereocenters. The Morgan fingerprint density at radius 1 is 1.58 bits per heavy atom. The topological polar surface area (TPSA) is 52.3 Å². The SMILES string of the molecule is COC(=O)[C@]1(F)CC[C@@H](N)CC1. The Morgan fingerprint density at radius 3 is 2.50 bits per heavy atom. The van der Waals surface area contributed by atoms with E-state index >= 15 is 0 Å². The van der Waals surface area contributed by atoms with Crippen molar-refractivity contribution in [1.82, 2.24) is 0 Å². The van der Waals surface area contributed by atoms with Gasteiger partial charge in [0.2, 0.25) is 5.67 Å². The number of esters is 1. The molecule has 0 aromatic heterocycles. The second-order valence-corrected chi connectivity index (χ2v) is 3.29. The number of carbonyl (C=O) groups is 1. The molecule has 0 bridgehead atoms. The highest BCUT2D eigenvalue weighted by molar-refractivity contribution is 5.79. The Kier molecular flexibility index (Phi) is 2.67. The zero-order valence-corrected chi connectivity index (χ0v) is 7.18. The highest BCUT2D eigenvalue weighted by Crippen LogP contribution is 2.32. The maximum Gasteiger partial charge on any atom is 0.343 e. The van der Waals surface area contributed by atoms with Crippen LogP contribution in [0, 0.1) is 0 Å². The van der Waals surface area contributed by atoms with Crippen molar-refractivity contribution in [2.75, 3.05) is 7.11 Å². The van der Waals surface area contributed by atoms with Crippen molar-refractivity contribution in [1.29, 1.82) is 0 Å². The van der Waals surface area contributed by atoms with Crippen molar-refractivity contribution >= 4 is 5.97 Å². The number of alkyl halides is 1. The Bertz CT molecular complexity index is 176. The van der Waals surface area contributed by atoms with Gasteiger partial charge >= 0.3 is 5.97 Å². The second-order valence-electron chi connectivity index (χ2n) is 3.29. The smallest absolute Gasteiger partial charge is 0.343 e. The summed E-state index contributed by atoms with van der Waals surface area (Å²) in [4.78, 5) is 11.0. The molecule has 1 aliphatic rings. The largest absolute Gasteiger partial charge is 0.467 e. The van der Waals surface area contributed by atoms with E-state index in [4.69, 9.17) is 5.73 Å². The molecule has 0 saturated heterocycles. The van der Waals surface area contributed by atoms with Crippen LogP contribution >= 0.6 is 0 Å². The van der Waals surface area contributed by atoms with E-state index in [0.717, 1.165) is 0 Å². The molecule has 0 atom stereocenters. The van der Waals surface area contributed by atoms with E-state index in [1.54, 1.807) is 0 Å². The molecule has 0 heterocycles. The highest BCUT2D eigenvalue weighted by atomic mass is 19.1. The average molecular weight is 175 g/mol. The average Bonchev–Trinajstić information content (AvgIpc) is 2.09. The summed E-state index contributed by atoms with van der Waals surface area (Å²) in [6.45, 7) is 0. The van der Waals surface area contributed by atoms with Crippen LogP contribution in [0.5, 0.6) is 0 Å². The maximum absolute atomic E-state index is 13.6. The van der Waals surface area contributed by atoms with Crippen molar-refractivity contribution in [2.24, 2.45) is 5.73 Å². The van der Waals surface area contributed by atoms with E-state index < -0.39 is 11.6 Å². The van der Waals surface area contributed by atoms with E-state index in [1.165, 1.54) is 7.11 Å². The van der Waals surface area contributed by atoms with Crippen LogP contribution in [0.25, 0.3) is 0 Å². The number of ether oxygens (including phenoxy) is 1. The molecule has 3 nitrogen and oxygen atoms in total. The van der Waals surface area contributed by atoms with Crippen LogP contribution in [0.2, 0.25) is 0 Å². The predicted octanol–water partition coefficient (Wildman–Crippen LogP) is 0.769. The van der Waals surface area contributed by atoms with Crippen LogP contribution in [0.1, 0.15) is 25.7 Å². The van der Waals surface area contributed by atoms with E-state index in [0.29, 0.717) is 12.8 Å². The number of hydrogen-bond donors (Lipinski definition) is 1. The maximum atomic E-state index is 13.6. The summed E-state index contributed by atoms with van der Waals surface area (Å²) in [5.41, 5.74) is 3.81. The van der Waals surface area contributed by atoms with Gasteiger partial charge in [-0.2, -0.15) is 0 Å². The molecule has 1 aliphatic carbocycles. The fourth-order valence-corrected chi connectivity index (χ4v) is 1.48. The zero-order valence-electron chi connectivity index (χ0n) is 7.18. The first-order chi connectivity index (χ1) is 5.58. The van der Waals surface area contributed by atoms with Crippen molar-refractivity contribution in [3.63, 3.8) is 0 Å². The Hall–Kier alpha value is -0.640.